The van der Waals surface area contributed by atoms with E-state index in [1.165, 1.54) is 38.5 Å². The molecule has 1 atom stereocenters. The molecule has 0 amide bonds. The Morgan fingerprint density at radius 1 is 1.16 bits per heavy atom. The minimum absolute atomic E-state index is 0.00324. The SMILES string of the molecule is CCNC(C1CCCCCC1)C1(OC)CCOCC1. The molecule has 0 aromatic rings. The van der Waals surface area contributed by atoms with Gasteiger partial charge < -0.3 is 14.8 Å². The van der Waals surface area contributed by atoms with Crippen LogP contribution in [0, 0.1) is 5.92 Å². The van der Waals surface area contributed by atoms with Gasteiger partial charge in [0, 0.05) is 39.2 Å². The first-order chi connectivity index (χ1) is 9.32. The van der Waals surface area contributed by atoms with Crippen molar-refractivity contribution < 1.29 is 9.47 Å². The number of ether oxygens (including phenoxy) is 2. The fraction of sp³-hybridized carbons (Fsp3) is 1.00. The molecule has 0 bridgehead atoms. The predicted octanol–water partition coefficient (Wildman–Crippen LogP) is 3.13. The maximum absolute atomic E-state index is 6.05. The summed E-state index contributed by atoms with van der Waals surface area (Å²) < 4.78 is 11.6. The van der Waals surface area contributed by atoms with Crippen LogP contribution < -0.4 is 5.32 Å². The van der Waals surface area contributed by atoms with Gasteiger partial charge in [0.2, 0.25) is 0 Å². The van der Waals surface area contributed by atoms with Crippen molar-refractivity contribution in [2.45, 2.75) is 69.9 Å². The maximum atomic E-state index is 6.05. The van der Waals surface area contributed by atoms with Crippen molar-refractivity contribution in [2.75, 3.05) is 26.9 Å². The molecule has 1 N–H and O–H groups in total. The summed E-state index contributed by atoms with van der Waals surface area (Å²) in [4.78, 5) is 0. The Kier molecular flexibility index (Phi) is 6.11. The largest absolute Gasteiger partial charge is 0.381 e. The van der Waals surface area contributed by atoms with Gasteiger partial charge in [0.05, 0.1) is 5.60 Å². The van der Waals surface area contributed by atoms with Crippen molar-refractivity contribution in [3.63, 3.8) is 0 Å². The van der Waals surface area contributed by atoms with Crippen LogP contribution in [-0.2, 0) is 9.47 Å². The lowest BCUT2D eigenvalue weighted by Crippen LogP contribution is -2.58. The van der Waals surface area contributed by atoms with Gasteiger partial charge in [0.15, 0.2) is 0 Å². The van der Waals surface area contributed by atoms with Gasteiger partial charge in [-0.25, -0.2) is 0 Å². The fourth-order valence-electron chi connectivity index (χ4n) is 4.01. The van der Waals surface area contributed by atoms with Gasteiger partial charge in [-0.15, -0.1) is 0 Å². The molecule has 2 rings (SSSR count). The summed E-state index contributed by atoms with van der Waals surface area (Å²) in [5.41, 5.74) is 0.00324. The molecule has 1 saturated heterocycles. The van der Waals surface area contributed by atoms with Gasteiger partial charge in [-0.1, -0.05) is 32.6 Å². The standard InChI is InChI=1S/C16H31NO2/c1-3-17-15(14-8-6-4-5-7-9-14)16(18-2)10-12-19-13-11-16/h14-15,17H,3-13H2,1-2H3. The first-order valence-corrected chi connectivity index (χ1v) is 8.18. The van der Waals surface area contributed by atoms with E-state index >= 15 is 0 Å². The average molecular weight is 269 g/mol. The van der Waals surface area contributed by atoms with E-state index in [0.717, 1.165) is 38.5 Å². The summed E-state index contributed by atoms with van der Waals surface area (Å²) >= 11 is 0. The Labute approximate surface area is 118 Å². The Hall–Kier alpha value is -0.120. The van der Waals surface area contributed by atoms with Gasteiger partial charge in [0.1, 0.15) is 0 Å². The third kappa shape index (κ3) is 3.71. The molecule has 0 aromatic carbocycles. The molecule has 0 radical (unpaired) electrons. The van der Waals surface area contributed by atoms with Gasteiger partial charge in [-0.2, -0.15) is 0 Å². The number of methoxy groups -OCH3 is 1. The van der Waals surface area contributed by atoms with Crippen LogP contribution in [0.4, 0.5) is 0 Å². The lowest BCUT2D eigenvalue weighted by molar-refractivity contribution is -0.121. The van der Waals surface area contributed by atoms with Gasteiger partial charge in [-0.3, -0.25) is 0 Å². The Bertz CT molecular complexity index is 243. The average Bonchev–Trinajstić information content (AvgIpc) is 2.74. The highest BCUT2D eigenvalue weighted by Crippen LogP contribution is 2.37. The maximum Gasteiger partial charge on any atom is 0.0877 e. The quantitative estimate of drug-likeness (QED) is 0.778. The van der Waals surface area contributed by atoms with Gasteiger partial charge >= 0.3 is 0 Å². The lowest BCUT2D eigenvalue weighted by atomic mass is 9.76. The van der Waals surface area contributed by atoms with E-state index in [9.17, 15) is 0 Å². The van der Waals surface area contributed by atoms with Crippen molar-refractivity contribution in [2.24, 2.45) is 5.92 Å². The molecule has 1 heterocycles. The molecular weight excluding hydrogens is 238 g/mol. The monoisotopic (exact) mass is 269 g/mol. The highest BCUT2D eigenvalue weighted by molar-refractivity contribution is 4.98. The Morgan fingerprint density at radius 2 is 1.79 bits per heavy atom. The normalized spacial score (nSPS) is 26.8. The van der Waals surface area contributed by atoms with Crippen molar-refractivity contribution in [3.8, 4) is 0 Å². The molecule has 1 aliphatic heterocycles. The molecule has 1 saturated carbocycles. The first kappa shape index (κ1) is 15.3. The zero-order valence-corrected chi connectivity index (χ0v) is 12.7. The van der Waals surface area contributed by atoms with Gasteiger partial charge in [-0.05, 0) is 25.3 Å². The van der Waals surface area contributed by atoms with E-state index in [1.54, 1.807) is 0 Å². The zero-order chi connectivity index (χ0) is 13.6. The summed E-state index contributed by atoms with van der Waals surface area (Å²) in [5, 5.41) is 3.76. The number of hydrogen-bond donors (Lipinski definition) is 1. The molecule has 112 valence electrons. The van der Waals surface area contributed by atoms with E-state index in [1.807, 2.05) is 7.11 Å². The summed E-state index contributed by atoms with van der Waals surface area (Å²) in [6, 6.07) is 0.504. The van der Waals surface area contributed by atoms with Crippen LogP contribution in [0.15, 0.2) is 0 Å². The minimum Gasteiger partial charge on any atom is -0.381 e. The molecule has 0 spiro atoms. The van der Waals surface area contributed by atoms with Crippen LogP contribution in [-0.4, -0.2) is 38.5 Å². The molecule has 2 aliphatic rings. The van der Waals surface area contributed by atoms with Crippen molar-refractivity contribution in [3.05, 3.63) is 0 Å². The third-order valence-corrected chi connectivity index (χ3v) is 5.11. The van der Waals surface area contributed by atoms with Crippen LogP contribution in [0.5, 0.6) is 0 Å². The Balaban J connectivity index is 2.11. The van der Waals surface area contributed by atoms with Crippen molar-refractivity contribution in [1.82, 2.24) is 5.32 Å². The minimum atomic E-state index is 0.00324. The van der Waals surface area contributed by atoms with Crippen molar-refractivity contribution in [1.29, 1.82) is 0 Å². The number of nitrogens with one attached hydrogen (secondary N) is 1. The van der Waals surface area contributed by atoms with E-state index in [2.05, 4.69) is 12.2 Å². The second-order valence-electron chi connectivity index (χ2n) is 6.17. The number of rotatable bonds is 5. The summed E-state index contributed by atoms with van der Waals surface area (Å²) in [5.74, 6) is 0.778. The second kappa shape index (κ2) is 7.61. The molecular formula is C16H31NO2. The molecule has 3 nitrogen and oxygen atoms in total. The molecule has 3 heteroatoms. The molecule has 1 unspecified atom stereocenters. The molecule has 19 heavy (non-hydrogen) atoms. The third-order valence-electron chi connectivity index (χ3n) is 5.11. The predicted molar refractivity (Wildman–Crippen MR) is 78.4 cm³/mol. The second-order valence-corrected chi connectivity index (χ2v) is 6.17. The summed E-state index contributed by atoms with van der Waals surface area (Å²) in [6.07, 6.45) is 10.4. The summed E-state index contributed by atoms with van der Waals surface area (Å²) in [6.45, 7) is 4.95. The van der Waals surface area contributed by atoms with Crippen LogP contribution >= 0.6 is 0 Å². The molecule has 0 aromatic heterocycles. The van der Waals surface area contributed by atoms with Crippen LogP contribution in [0.3, 0.4) is 0 Å². The molecule has 2 fully saturated rings. The Morgan fingerprint density at radius 3 is 2.32 bits per heavy atom. The van der Waals surface area contributed by atoms with Crippen LogP contribution in [0.1, 0.15) is 58.3 Å². The van der Waals surface area contributed by atoms with E-state index < -0.39 is 0 Å². The van der Waals surface area contributed by atoms with E-state index in [0.29, 0.717) is 6.04 Å². The first-order valence-electron chi connectivity index (χ1n) is 8.18. The fourth-order valence-corrected chi connectivity index (χ4v) is 4.01. The topological polar surface area (TPSA) is 30.5 Å². The summed E-state index contributed by atoms with van der Waals surface area (Å²) in [7, 11) is 1.90. The number of likely N-dealkylation sites (N-methyl/N-ethyl adjacent to an activating group) is 1. The highest BCUT2D eigenvalue weighted by Gasteiger charge is 2.43. The highest BCUT2D eigenvalue weighted by atomic mass is 16.5. The van der Waals surface area contributed by atoms with E-state index in [4.69, 9.17) is 9.47 Å². The lowest BCUT2D eigenvalue weighted by Gasteiger charge is -2.46. The smallest absolute Gasteiger partial charge is 0.0877 e. The molecule has 1 aliphatic carbocycles. The van der Waals surface area contributed by atoms with Crippen molar-refractivity contribution >= 4 is 0 Å². The van der Waals surface area contributed by atoms with Gasteiger partial charge in [0.25, 0.3) is 0 Å². The zero-order valence-electron chi connectivity index (χ0n) is 12.7. The van der Waals surface area contributed by atoms with E-state index in [-0.39, 0.29) is 5.60 Å². The number of hydrogen-bond acceptors (Lipinski definition) is 3. The van der Waals surface area contributed by atoms with Crippen LogP contribution in [0.25, 0.3) is 0 Å². The van der Waals surface area contributed by atoms with Crippen LogP contribution in [0.2, 0.25) is 0 Å².